The van der Waals surface area contributed by atoms with E-state index in [4.69, 9.17) is 5.73 Å². The molecule has 1 atom stereocenters. The molecule has 0 fully saturated rings. The van der Waals surface area contributed by atoms with Crippen molar-refractivity contribution < 1.29 is 13.2 Å². The predicted molar refractivity (Wildman–Crippen MR) is 78.6 cm³/mol. The van der Waals surface area contributed by atoms with E-state index in [9.17, 15) is 13.2 Å². The van der Waals surface area contributed by atoms with Crippen molar-refractivity contribution in [2.24, 2.45) is 0 Å². The van der Waals surface area contributed by atoms with Crippen molar-refractivity contribution >= 4 is 37.8 Å². The summed E-state index contributed by atoms with van der Waals surface area (Å²) in [6, 6.07) is 0.0936. The van der Waals surface area contributed by atoms with E-state index in [-0.39, 0.29) is 27.4 Å². The smallest absolute Gasteiger partial charge is 0.263 e. The lowest BCUT2D eigenvalue weighted by Crippen LogP contribution is -2.18. The van der Waals surface area contributed by atoms with Crippen LogP contribution < -0.4 is 16.4 Å². The predicted octanol–water partition coefficient (Wildman–Crippen LogP) is 1.30. The Kier molecular flexibility index (Phi) is 4.81. The molecule has 0 aromatic carbocycles. The van der Waals surface area contributed by atoms with Crippen molar-refractivity contribution in [1.29, 1.82) is 0 Å². The van der Waals surface area contributed by atoms with Gasteiger partial charge in [-0.2, -0.15) is 0 Å². The summed E-state index contributed by atoms with van der Waals surface area (Å²) >= 11 is 1.06. The number of nitrogen functional groups attached to an aromatic ring is 1. The Morgan fingerprint density at radius 1 is 1.47 bits per heavy atom. The van der Waals surface area contributed by atoms with Crippen molar-refractivity contribution in [3.63, 3.8) is 0 Å². The molecule has 1 aromatic heterocycles. The van der Waals surface area contributed by atoms with Crippen LogP contribution in [0.3, 0.4) is 0 Å². The standard InChI is InChI=1S/C11H19N3O3S2/c1-5-6(2)14-11-9(19(4,16)17)7(12)8(18-11)10(15)13-3/h6,14H,5,12H2,1-4H3,(H,13,15). The number of amides is 1. The average Bonchev–Trinajstić information content (AvgIpc) is 2.64. The Morgan fingerprint density at radius 3 is 2.47 bits per heavy atom. The molecular formula is C11H19N3O3S2. The third kappa shape index (κ3) is 3.38. The van der Waals surface area contributed by atoms with E-state index in [1.807, 2.05) is 13.8 Å². The number of hydrogen-bond donors (Lipinski definition) is 3. The number of nitrogens with two attached hydrogens (primary N) is 1. The van der Waals surface area contributed by atoms with E-state index in [2.05, 4.69) is 10.6 Å². The van der Waals surface area contributed by atoms with Gasteiger partial charge < -0.3 is 16.4 Å². The van der Waals surface area contributed by atoms with Crippen LogP contribution in [0, 0.1) is 0 Å². The monoisotopic (exact) mass is 305 g/mol. The molecule has 0 aliphatic heterocycles. The minimum absolute atomic E-state index is 0.0106. The van der Waals surface area contributed by atoms with E-state index in [1.54, 1.807) is 0 Å². The van der Waals surface area contributed by atoms with E-state index >= 15 is 0 Å². The first-order valence-electron chi connectivity index (χ1n) is 5.83. The Hall–Kier alpha value is -1.28. The summed E-state index contributed by atoms with van der Waals surface area (Å²) in [7, 11) is -2.02. The Balaban J connectivity index is 3.41. The third-order valence-electron chi connectivity index (χ3n) is 2.69. The number of thiophene rings is 1. The minimum Gasteiger partial charge on any atom is -0.396 e. The van der Waals surface area contributed by atoms with Gasteiger partial charge in [-0.05, 0) is 13.3 Å². The molecule has 1 rings (SSSR count). The first-order valence-corrected chi connectivity index (χ1v) is 8.54. The van der Waals surface area contributed by atoms with Gasteiger partial charge >= 0.3 is 0 Å². The number of hydrogen-bond acceptors (Lipinski definition) is 6. The van der Waals surface area contributed by atoms with Gasteiger partial charge in [0.2, 0.25) is 0 Å². The molecule has 0 radical (unpaired) electrons. The second-order valence-electron chi connectivity index (χ2n) is 4.31. The minimum atomic E-state index is -3.50. The summed E-state index contributed by atoms with van der Waals surface area (Å²) in [6.07, 6.45) is 1.91. The highest BCUT2D eigenvalue weighted by Gasteiger charge is 2.27. The number of anilines is 2. The van der Waals surface area contributed by atoms with Gasteiger partial charge in [0, 0.05) is 19.3 Å². The summed E-state index contributed by atoms with van der Waals surface area (Å²) in [5, 5.41) is 5.96. The quantitative estimate of drug-likeness (QED) is 0.761. The number of rotatable bonds is 5. The molecule has 4 N–H and O–H groups in total. The molecule has 0 bridgehead atoms. The molecule has 1 aromatic rings. The van der Waals surface area contributed by atoms with Gasteiger partial charge in [-0.25, -0.2) is 8.42 Å². The maximum Gasteiger partial charge on any atom is 0.263 e. The lowest BCUT2D eigenvalue weighted by Gasteiger charge is -2.12. The summed E-state index contributed by atoms with van der Waals surface area (Å²) in [5.41, 5.74) is 5.83. The lowest BCUT2D eigenvalue weighted by molar-refractivity contribution is 0.0968. The fourth-order valence-electron chi connectivity index (χ4n) is 1.50. The fourth-order valence-corrected chi connectivity index (χ4v) is 4.11. The van der Waals surface area contributed by atoms with Crippen molar-refractivity contribution in [2.75, 3.05) is 24.4 Å². The normalized spacial score (nSPS) is 13.1. The molecule has 0 saturated heterocycles. The molecule has 19 heavy (non-hydrogen) atoms. The van der Waals surface area contributed by atoms with Crippen LogP contribution in [-0.2, 0) is 9.84 Å². The zero-order valence-electron chi connectivity index (χ0n) is 11.4. The largest absolute Gasteiger partial charge is 0.396 e. The van der Waals surface area contributed by atoms with Gasteiger partial charge in [-0.15, -0.1) is 11.3 Å². The van der Waals surface area contributed by atoms with Gasteiger partial charge in [0.05, 0.1) is 5.69 Å². The van der Waals surface area contributed by atoms with Gasteiger partial charge in [0.1, 0.15) is 14.8 Å². The van der Waals surface area contributed by atoms with Crippen molar-refractivity contribution in [3.8, 4) is 0 Å². The third-order valence-corrected chi connectivity index (χ3v) is 5.12. The maximum atomic E-state index is 11.8. The van der Waals surface area contributed by atoms with Gasteiger partial charge in [0.25, 0.3) is 5.91 Å². The maximum absolute atomic E-state index is 11.8. The molecule has 0 aliphatic carbocycles. The summed E-state index contributed by atoms with van der Waals surface area (Å²) < 4.78 is 23.6. The molecule has 1 amide bonds. The number of carbonyl (C=O) groups is 1. The fraction of sp³-hybridized carbons (Fsp3) is 0.545. The first kappa shape index (κ1) is 15.8. The van der Waals surface area contributed by atoms with Crippen molar-refractivity contribution in [3.05, 3.63) is 4.88 Å². The van der Waals surface area contributed by atoms with E-state index < -0.39 is 9.84 Å². The van der Waals surface area contributed by atoms with Gasteiger partial charge in [-0.1, -0.05) is 6.92 Å². The van der Waals surface area contributed by atoms with Crippen LogP contribution in [0.1, 0.15) is 29.9 Å². The topological polar surface area (TPSA) is 101 Å². The summed E-state index contributed by atoms with van der Waals surface area (Å²) in [5.74, 6) is -0.385. The lowest BCUT2D eigenvalue weighted by atomic mass is 10.2. The molecule has 108 valence electrons. The highest BCUT2D eigenvalue weighted by atomic mass is 32.2. The van der Waals surface area contributed by atoms with Gasteiger partial charge in [0.15, 0.2) is 9.84 Å². The Labute approximate surface area is 117 Å². The summed E-state index contributed by atoms with van der Waals surface area (Å²) in [6.45, 7) is 3.91. The van der Waals surface area contributed by atoms with Crippen LogP contribution in [0.4, 0.5) is 10.7 Å². The molecule has 0 saturated carbocycles. The van der Waals surface area contributed by atoms with Crippen LogP contribution >= 0.6 is 11.3 Å². The van der Waals surface area contributed by atoms with Crippen molar-refractivity contribution in [2.45, 2.75) is 31.2 Å². The van der Waals surface area contributed by atoms with Crippen LogP contribution in [0.5, 0.6) is 0 Å². The second kappa shape index (κ2) is 5.79. The zero-order valence-corrected chi connectivity index (χ0v) is 13.0. The molecule has 6 nitrogen and oxygen atoms in total. The number of nitrogens with one attached hydrogen (secondary N) is 2. The summed E-state index contributed by atoms with van der Waals surface area (Å²) in [4.78, 5) is 11.9. The highest BCUT2D eigenvalue weighted by molar-refractivity contribution is 7.91. The van der Waals surface area contributed by atoms with Crippen LogP contribution in [-0.4, -0.2) is 33.7 Å². The average molecular weight is 305 g/mol. The van der Waals surface area contributed by atoms with E-state index in [0.29, 0.717) is 5.00 Å². The SMILES string of the molecule is CCC(C)Nc1sc(C(=O)NC)c(N)c1S(C)(=O)=O. The highest BCUT2D eigenvalue weighted by Crippen LogP contribution is 2.39. The second-order valence-corrected chi connectivity index (χ2v) is 7.28. The first-order chi connectivity index (χ1) is 8.72. The van der Waals surface area contributed by atoms with Crippen LogP contribution in [0.25, 0.3) is 0 Å². The number of sulfone groups is 1. The molecule has 1 heterocycles. The van der Waals surface area contributed by atoms with Crippen LogP contribution in [0.15, 0.2) is 4.90 Å². The van der Waals surface area contributed by atoms with Crippen LogP contribution in [0.2, 0.25) is 0 Å². The molecule has 0 aliphatic rings. The zero-order chi connectivity index (χ0) is 14.8. The Morgan fingerprint density at radius 2 is 2.05 bits per heavy atom. The van der Waals surface area contributed by atoms with E-state index in [1.165, 1.54) is 7.05 Å². The Bertz CT molecular complexity index is 578. The molecule has 1 unspecified atom stereocenters. The molecule has 0 spiro atoms. The molecule has 8 heteroatoms. The molecular weight excluding hydrogens is 286 g/mol. The van der Waals surface area contributed by atoms with Gasteiger partial charge in [-0.3, -0.25) is 4.79 Å². The van der Waals surface area contributed by atoms with E-state index in [0.717, 1.165) is 24.0 Å². The number of carbonyl (C=O) groups excluding carboxylic acids is 1. The van der Waals surface area contributed by atoms with Crippen molar-refractivity contribution in [1.82, 2.24) is 5.32 Å².